The summed E-state index contributed by atoms with van der Waals surface area (Å²) in [5.41, 5.74) is 0. The fourth-order valence-electron chi connectivity index (χ4n) is 1.29. The molecule has 0 unspecified atom stereocenters. The Morgan fingerprint density at radius 1 is 1.80 bits per heavy atom. The summed E-state index contributed by atoms with van der Waals surface area (Å²) >= 11 is 0. The van der Waals surface area contributed by atoms with Crippen LogP contribution in [0.1, 0.15) is 6.42 Å². The monoisotopic (exact) mass is 146 g/mol. The molecule has 1 heterocycles. The maximum Gasteiger partial charge on any atom is 0.112 e. The van der Waals surface area contributed by atoms with Gasteiger partial charge < -0.3 is 9.64 Å². The molecule has 0 N–H and O–H groups in total. The number of alkyl halides is 1. The maximum atomic E-state index is 12.6. The molecule has 0 aromatic rings. The van der Waals surface area contributed by atoms with E-state index in [0.717, 1.165) is 0 Å². The first-order valence-corrected chi connectivity index (χ1v) is 3.44. The molecule has 1 rings (SSSR count). The lowest BCUT2D eigenvalue weighted by Gasteiger charge is -2.25. The van der Waals surface area contributed by atoms with Crippen molar-refractivity contribution in [2.24, 2.45) is 0 Å². The smallest absolute Gasteiger partial charge is 0.112 e. The molecule has 3 heteroatoms. The van der Waals surface area contributed by atoms with Gasteiger partial charge in [0.2, 0.25) is 0 Å². The van der Waals surface area contributed by atoms with E-state index in [1.165, 1.54) is 0 Å². The molecular formula is C7H13FNO-. The molecule has 2 nitrogen and oxygen atoms in total. The third kappa shape index (κ3) is 1.67. The quantitative estimate of drug-likeness (QED) is 0.535. The van der Waals surface area contributed by atoms with Gasteiger partial charge in [-0.15, -0.1) is 0 Å². The number of methoxy groups -OCH3 is 1. The zero-order valence-corrected chi connectivity index (χ0v) is 6.22. The highest BCUT2D eigenvalue weighted by molar-refractivity contribution is 4.84. The van der Waals surface area contributed by atoms with Crippen LogP contribution in [0.25, 0.3) is 0 Å². The summed E-state index contributed by atoms with van der Waals surface area (Å²) in [6, 6.07) is 0.181. The van der Waals surface area contributed by atoms with Crippen LogP contribution in [-0.4, -0.2) is 37.4 Å². The van der Waals surface area contributed by atoms with E-state index in [1.807, 2.05) is 0 Å². The van der Waals surface area contributed by atoms with Crippen molar-refractivity contribution in [3.8, 4) is 0 Å². The summed E-state index contributed by atoms with van der Waals surface area (Å²) in [6.07, 6.45) is -0.144. The summed E-state index contributed by atoms with van der Waals surface area (Å²) in [5, 5.41) is 0. The van der Waals surface area contributed by atoms with Crippen molar-refractivity contribution < 1.29 is 9.13 Å². The summed E-state index contributed by atoms with van der Waals surface area (Å²) in [5.74, 6) is 0. The third-order valence-electron chi connectivity index (χ3n) is 1.84. The Bertz CT molecular complexity index is 110. The number of hydrogen-bond acceptors (Lipinski definition) is 2. The average Bonchev–Trinajstić information content (AvgIpc) is 2.13. The van der Waals surface area contributed by atoms with Crippen molar-refractivity contribution in [2.75, 3.05) is 20.3 Å². The number of nitrogens with zero attached hydrogens (tertiary/aromatic N) is 1. The second-order valence-electron chi connectivity index (χ2n) is 2.71. The SMILES string of the molecule is [CH2-]N1C[C@@H](F)C[C@H]1COC. The lowest BCUT2D eigenvalue weighted by Crippen LogP contribution is -2.26. The number of rotatable bonds is 2. The van der Waals surface area contributed by atoms with E-state index in [0.29, 0.717) is 19.6 Å². The fraction of sp³-hybridized carbons (Fsp3) is 0.857. The number of hydrogen-bond donors (Lipinski definition) is 0. The van der Waals surface area contributed by atoms with Crippen LogP contribution >= 0.6 is 0 Å². The molecule has 2 atom stereocenters. The van der Waals surface area contributed by atoms with Crippen LogP contribution in [0.2, 0.25) is 0 Å². The second kappa shape index (κ2) is 3.30. The Labute approximate surface area is 61.0 Å². The first-order chi connectivity index (χ1) is 4.74. The van der Waals surface area contributed by atoms with E-state index in [9.17, 15) is 4.39 Å². The zero-order chi connectivity index (χ0) is 7.56. The average molecular weight is 146 g/mol. The first kappa shape index (κ1) is 7.95. The fourth-order valence-corrected chi connectivity index (χ4v) is 1.29. The number of ether oxygens (including phenoxy) is 1. The van der Waals surface area contributed by atoms with Crippen LogP contribution in [0.3, 0.4) is 0 Å². The van der Waals surface area contributed by atoms with E-state index < -0.39 is 6.17 Å². The van der Waals surface area contributed by atoms with Crippen LogP contribution in [0.15, 0.2) is 0 Å². The molecular weight excluding hydrogens is 133 g/mol. The molecule has 60 valence electrons. The van der Waals surface area contributed by atoms with Gasteiger partial charge in [-0.05, 0) is 6.42 Å². The predicted octanol–water partition coefficient (Wildman–Crippen LogP) is 0.837. The van der Waals surface area contributed by atoms with Crippen molar-refractivity contribution in [3.63, 3.8) is 0 Å². The summed E-state index contributed by atoms with van der Waals surface area (Å²) in [6.45, 7) is 1.04. The van der Waals surface area contributed by atoms with E-state index in [-0.39, 0.29) is 6.04 Å². The molecule has 0 bridgehead atoms. The topological polar surface area (TPSA) is 12.5 Å². The van der Waals surface area contributed by atoms with Gasteiger partial charge in [-0.25, -0.2) is 4.39 Å². The number of halogens is 1. The molecule has 1 aliphatic heterocycles. The summed E-state index contributed by atoms with van der Waals surface area (Å²) < 4.78 is 17.5. The highest BCUT2D eigenvalue weighted by Crippen LogP contribution is 2.18. The van der Waals surface area contributed by atoms with Gasteiger partial charge in [-0.2, -0.15) is 0 Å². The lowest BCUT2D eigenvalue weighted by molar-refractivity contribution is 0.136. The molecule has 0 aromatic carbocycles. The third-order valence-corrected chi connectivity index (χ3v) is 1.84. The lowest BCUT2D eigenvalue weighted by atomic mass is 10.2. The minimum absolute atomic E-state index is 0.181. The van der Waals surface area contributed by atoms with Gasteiger partial charge in [0, 0.05) is 19.7 Å². The van der Waals surface area contributed by atoms with Crippen LogP contribution in [0, 0.1) is 7.05 Å². The minimum atomic E-state index is -0.711. The Balaban J connectivity index is 2.31. The molecule has 1 fully saturated rings. The van der Waals surface area contributed by atoms with Gasteiger partial charge in [-0.1, -0.05) is 0 Å². The van der Waals surface area contributed by atoms with Gasteiger partial charge in [0.25, 0.3) is 0 Å². The normalized spacial score (nSPS) is 35.1. The van der Waals surface area contributed by atoms with Gasteiger partial charge in [0.1, 0.15) is 6.17 Å². The summed E-state index contributed by atoms with van der Waals surface area (Å²) in [7, 11) is 5.33. The molecule has 10 heavy (non-hydrogen) atoms. The van der Waals surface area contributed by atoms with E-state index in [1.54, 1.807) is 12.0 Å². The minimum Gasteiger partial charge on any atom is -0.452 e. The largest absolute Gasteiger partial charge is 0.452 e. The highest BCUT2D eigenvalue weighted by atomic mass is 19.1. The van der Waals surface area contributed by atoms with Crippen LogP contribution in [0.5, 0.6) is 0 Å². The highest BCUT2D eigenvalue weighted by Gasteiger charge is 2.24. The molecule has 0 aromatic heterocycles. The Kier molecular flexibility index (Phi) is 2.63. The van der Waals surface area contributed by atoms with Crippen LogP contribution in [0.4, 0.5) is 4.39 Å². The molecule has 0 radical (unpaired) electrons. The second-order valence-corrected chi connectivity index (χ2v) is 2.71. The van der Waals surface area contributed by atoms with Crippen LogP contribution in [-0.2, 0) is 4.74 Å². The molecule has 0 amide bonds. The number of likely N-dealkylation sites (tertiary alicyclic amines) is 1. The van der Waals surface area contributed by atoms with Gasteiger partial charge in [0.15, 0.2) is 0 Å². The van der Waals surface area contributed by atoms with Crippen molar-refractivity contribution in [1.29, 1.82) is 0 Å². The van der Waals surface area contributed by atoms with Gasteiger partial charge >= 0.3 is 0 Å². The maximum absolute atomic E-state index is 12.6. The Hall–Kier alpha value is -0.150. The van der Waals surface area contributed by atoms with Crippen molar-refractivity contribution in [1.82, 2.24) is 4.90 Å². The van der Waals surface area contributed by atoms with Crippen molar-refractivity contribution >= 4 is 0 Å². The van der Waals surface area contributed by atoms with Crippen molar-refractivity contribution in [3.05, 3.63) is 7.05 Å². The van der Waals surface area contributed by atoms with E-state index in [2.05, 4.69) is 7.05 Å². The van der Waals surface area contributed by atoms with E-state index in [4.69, 9.17) is 4.74 Å². The van der Waals surface area contributed by atoms with Crippen LogP contribution < -0.4 is 0 Å². The predicted molar refractivity (Wildman–Crippen MR) is 37.2 cm³/mol. The standard InChI is InChI=1S/C7H13FNO/c1-9-4-6(8)3-7(9)5-10-2/h6-7H,1,3-5H2,2H3/q-1/t6-,7-/m0/s1. The van der Waals surface area contributed by atoms with Gasteiger partial charge in [-0.3, -0.25) is 7.05 Å². The molecule has 1 saturated heterocycles. The van der Waals surface area contributed by atoms with Gasteiger partial charge in [0.05, 0.1) is 6.61 Å². The van der Waals surface area contributed by atoms with Crippen molar-refractivity contribution in [2.45, 2.75) is 18.6 Å². The summed E-state index contributed by atoms with van der Waals surface area (Å²) in [4.78, 5) is 1.76. The Morgan fingerprint density at radius 2 is 2.50 bits per heavy atom. The zero-order valence-electron chi connectivity index (χ0n) is 6.22. The molecule has 0 aliphatic carbocycles. The molecule has 0 saturated carbocycles. The first-order valence-electron chi connectivity index (χ1n) is 3.44. The Morgan fingerprint density at radius 3 is 2.90 bits per heavy atom. The van der Waals surface area contributed by atoms with E-state index >= 15 is 0 Å². The molecule has 0 spiro atoms. The molecule has 1 aliphatic rings.